The molecule has 1 aromatic carbocycles. The molecular formula is C20H17F3N6O4. The van der Waals surface area contributed by atoms with Crippen LogP contribution >= 0.6 is 0 Å². The molecule has 33 heavy (non-hydrogen) atoms. The largest absolute Gasteiger partial charge is 0.459 e. The minimum atomic E-state index is -1.60. The standard InChI is InChI=1S/C20H17F3N6O4/c21-13-8-12(9-14(22)16(13)23)10-24-18-17(29(31)32)19(26-11-25-18)27-3-5-28(6-4-27)20(30)15-2-1-7-33-15/h1-2,7-9,11H,3-6,10H2,(H,24,25,26). The molecule has 1 saturated heterocycles. The van der Waals surface area contributed by atoms with Crippen molar-refractivity contribution in [1.82, 2.24) is 14.9 Å². The van der Waals surface area contributed by atoms with Crippen LogP contribution in [0.4, 0.5) is 30.5 Å². The summed E-state index contributed by atoms with van der Waals surface area (Å²) in [5.41, 5.74) is -0.391. The highest BCUT2D eigenvalue weighted by Crippen LogP contribution is 2.32. The topological polar surface area (TPSA) is 118 Å². The van der Waals surface area contributed by atoms with Crippen molar-refractivity contribution in [2.24, 2.45) is 0 Å². The Labute approximate surface area is 184 Å². The van der Waals surface area contributed by atoms with Crippen LogP contribution in [0.25, 0.3) is 0 Å². The first-order valence-electron chi connectivity index (χ1n) is 9.79. The molecule has 0 saturated carbocycles. The Bertz CT molecular complexity index is 1160. The highest BCUT2D eigenvalue weighted by Gasteiger charge is 2.31. The van der Waals surface area contributed by atoms with Gasteiger partial charge in [-0.2, -0.15) is 0 Å². The zero-order valence-electron chi connectivity index (χ0n) is 17.0. The summed E-state index contributed by atoms with van der Waals surface area (Å²) in [4.78, 5) is 34.7. The molecule has 1 fully saturated rings. The lowest BCUT2D eigenvalue weighted by Crippen LogP contribution is -2.49. The van der Waals surface area contributed by atoms with Gasteiger partial charge in [0.05, 0.1) is 11.2 Å². The van der Waals surface area contributed by atoms with E-state index in [0.29, 0.717) is 0 Å². The molecule has 2 aromatic heterocycles. The van der Waals surface area contributed by atoms with Crippen LogP contribution in [-0.2, 0) is 6.54 Å². The first-order valence-corrected chi connectivity index (χ1v) is 9.79. The Kier molecular flexibility index (Phi) is 6.11. The quantitative estimate of drug-likeness (QED) is 0.338. The van der Waals surface area contributed by atoms with Crippen molar-refractivity contribution in [2.75, 3.05) is 36.4 Å². The van der Waals surface area contributed by atoms with Crippen LogP contribution in [0.1, 0.15) is 16.1 Å². The number of piperazine rings is 1. The van der Waals surface area contributed by atoms with Gasteiger partial charge in [0.15, 0.2) is 23.2 Å². The summed E-state index contributed by atoms with van der Waals surface area (Å²) in [6, 6.07) is 4.74. The normalized spacial score (nSPS) is 13.8. The smallest absolute Gasteiger partial charge is 0.353 e. The number of nitro groups is 1. The Morgan fingerprint density at radius 2 is 1.85 bits per heavy atom. The van der Waals surface area contributed by atoms with Gasteiger partial charge in [0.2, 0.25) is 11.6 Å². The summed E-state index contributed by atoms with van der Waals surface area (Å²) in [5.74, 6) is -4.53. The van der Waals surface area contributed by atoms with E-state index in [0.717, 1.165) is 18.5 Å². The van der Waals surface area contributed by atoms with Gasteiger partial charge in [0.25, 0.3) is 5.91 Å². The number of furan rings is 1. The Morgan fingerprint density at radius 1 is 1.15 bits per heavy atom. The van der Waals surface area contributed by atoms with Crippen molar-refractivity contribution in [1.29, 1.82) is 0 Å². The maximum Gasteiger partial charge on any atom is 0.353 e. The van der Waals surface area contributed by atoms with Crippen LogP contribution in [0.2, 0.25) is 0 Å². The van der Waals surface area contributed by atoms with Crippen molar-refractivity contribution < 1.29 is 27.3 Å². The number of amides is 1. The lowest BCUT2D eigenvalue weighted by molar-refractivity contribution is -0.383. The van der Waals surface area contributed by atoms with Crippen LogP contribution in [0.15, 0.2) is 41.3 Å². The van der Waals surface area contributed by atoms with Crippen LogP contribution in [-0.4, -0.2) is 51.9 Å². The van der Waals surface area contributed by atoms with Gasteiger partial charge in [-0.1, -0.05) is 0 Å². The van der Waals surface area contributed by atoms with Crippen LogP contribution < -0.4 is 10.2 Å². The predicted molar refractivity (Wildman–Crippen MR) is 109 cm³/mol. The number of nitrogens with one attached hydrogen (secondary N) is 1. The molecule has 4 rings (SSSR count). The number of hydrogen-bond donors (Lipinski definition) is 1. The van der Waals surface area contributed by atoms with Gasteiger partial charge in [-0.15, -0.1) is 0 Å². The number of anilines is 2. The van der Waals surface area contributed by atoms with Crippen LogP contribution in [0, 0.1) is 27.6 Å². The van der Waals surface area contributed by atoms with Gasteiger partial charge in [0, 0.05) is 32.7 Å². The van der Waals surface area contributed by atoms with Gasteiger partial charge in [-0.3, -0.25) is 14.9 Å². The molecule has 3 aromatic rings. The second-order valence-corrected chi connectivity index (χ2v) is 7.14. The Hall–Kier alpha value is -4.16. The number of benzene rings is 1. The van der Waals surface area contributed by atoms with Gasteiger partial charge < -0.3 is 19.5 Å². The van der Waals surface area contributed by atoms with Crippen molar-refractivity contribution in [2.45, 2.75) is 6.54 Å². The molecule has 1 amide bonds. The van der Waals surface area contributed by atoms with E-state index in [1.807, 2.05) is 0 Å². The Balaban J connectivity index is 1.50. The van der Waals surface area contributed by atoms with Crippen LogP contribution in [0.5, 0.6) is 0 Å². The zero-order chi connectivity index (χ0) is 23.5. The fraction of sp³-hybridized carbons (Fsp3) is 0.250. The number of carbonyl (C=O) groups excluding carboxylic acids is 1. The fourth-order valence-electron chi connectivity index (χ4n) is 3.47. The number of carbonyl (C=O) groups is 1. The van der Waals surface area contributed by atoms with E-state index >= 15 is 0 Å². The molecule has 13 heteroatoms. The molecule has 1 N–H and O–H groups in total. The summed E-state index contributed by atoms with van der Waals surface area (Å²) >= 11 is 0. The van der Waals surface area contributed by atoms with Crippen molar-refractivity contribution in [3.8, 4) is 0 Å². The lowest BCUT2D eigenvalue weighted by atomic mass is 10.2. The third-order valence-corrected chi connectivity index (χ3v) is 5.09. The summed E-state index contributed by atoms with van der Waals surface area (Å²) in [6.07, 6.45) is 2.52. The Morgan fingerprint density at radius 3 is 2.45 bits per heavy atom. The SMILES string of the molecule is O=C(c1ccco1)N1CCN(c2ncnc(NCc3cc(F)c(F)c(F)c3)c2[N+](=O)[O-])CC1. The molecule has 0 atom stereocenters. The molecule has 172 valence electrons. The highest BCUT2D eigenvalue weighted by molar-refractivity contribution is 5.91. The molecular weight excluding hydrogens is 445 g/mol. The van der Waals surface area contributed by atoms with E-state index in [9.17, 15) is 28.1 Å². The molecule has 0 radical (unpaired) electrons. The summed E-state index contributed by atoms with van der Waals surface area (Å²) in [5, 5.41) is 14.4. The number of nitrogens with zero attached hydrogens (tertiary/aromatic N) is 5. The van der Waals surface area contributed by atoms with E-state index in [2.05, 4.69) is 15.3 Å². The fourth-order valence-corrected chi connectivity index (χ4v) is 3.47. The molecule has 10 nitrogen and oxygen atoms in total. The molecule has 0 aliphatic carbocycles. The molecule has 0 unspecified atom stereocenters. The van der Waals surface area contributed by atoms with Gasteiger partial charge in [-0.05, 0) is 29.8 Å². The lowest BCUT2D eigenvalue weighted by Gasteiger charge is -2.34. The summed E-state index contributed by atoms with van der Waals surface area (Å²) in [6.45, 7) is 0.891. The van der Waals surface area contributed by atoms with Gasteiger partial charge >= 0.3 is 5.69 Å². The number of halogens is 3. The van der Waals surface area contributed by atoms with Crippen molar-refractivity contribution >= 4 is 23.2 Å². The first kappa shape index (κ1) is 22.0. The van der Waals surface area contributed by atoms with E-state index in [4.69, 9.17) is 4.42 Å². The highest BCUT2D eigenvalue weighted by atomic mass is 19.2. The molecule has 3 heterocycles. The number of rotatable bonds is 6. The minimum Gasteiger partial charge on any atom is -0.459 e. The van der Waals surface area contributed by atoms with Gasteiger partial charge in [0.1, 0.15) is 6.33 Å². The second-order valence-electron chi connectivity index (χ2n) is 7.14. The second kappa shape index (κ2) is 9.14. The first-order chi connectivity index (χ1) is 15.8. The third-order valence-electron chi connectivity index (χ3n) is 5.09. The number of aromatic nitrogens is 2. The predicted octanol–water partition coefficient (Wildman–Crippen LogP) is 2.97. The minimum absolute atomic E-state index is 0.0333. The van der Waals surface area contributed by atoms with Gasteiger partial charge in [-0.25, -0.2) is 23.1 Å². The van der Waals surface area contributed by atoms with E-state index < -0.39 is 28.1 Å². The maximum atomic E-state index is 13.4. The monoisotopic (exact) mass is 462 g/mol. The average molecular weight is 462 g/mol. The third kappa shape index (κ3) is 4.56. The van der Waals surface area contributed by atoms with E-state index in [-0.39, 0.29) is 61.6 Å². The average Bonchev–Trinajstić information content (AvgIpc) is 3.35. The summed E-state index contributed by atoms with van der Waals surface area (Å²) in [7, 11) is 0. The summed E-state index contributed by atoms with van der Waals surface area (Å²) < 4.78 is 45.1. The molecule has 1 aliphatic heterocycles. The molecule has 0 bridgehead atoms. The van der Waals surface area contributed by atoms with Crippen molar-refractivity contribution in [3.63, 3.8) is 0 Å². The van der Waals surface area contributed by atoms with E-state index in [1.54, 1.807) is 21.9 Å². The van der Waals surface area contributed by atoms with Crippen molar-refractivity contribution in [3.05, 3.63) is 75.7 Å². The molecule has 0 spiro atoms. The van der Waals surface area contributed by atoms with Crippen LogP contribution in [0.3, 0.4) is 0 Å². The van der Waals surface area contributed by atoms with E-state index in [1.165, 1.54) is 6.26 Å². The molecule has 1 aliphatic rings. The maximum absolute atomic E-state index is 13.4. The zero-order valence-corrected chi connectivity index (χ0v) is 17.0. The number of hydrogen-bond acceptors (Lipinski definition) is 8.